The smallest absolute Gasteiger partial charge is 0.220 e. The molecule has 3 aliphatic heterocycles. The van der Waals surface area contributed by atoms with Gasteiger partial charge in [0.05, 0.1) is 38.6 Å². The highest BCUT2D eigenvalue weighted by Crippen LogP contribution is 2.33. The quantitative estimate of drug-likeness (QED) is 0.0307. The van der Waals surface area contributed by atoms with Gasteiger partial charge in [-0.05, 0) is 70.6 Å². The topological polar surface area (TPSA) is 307 Å². The van der Waals surface area contributed by atoms with Crippen LogP contribution in [0.5, 0.6) is 0 Å². The molecule has 3 heterocycles. The Hall–Kier alpha value is -2.77. The molecule has 0 spiro atoms. The van der Waals surface area contributed by atoms with Crippen molar-refractivity contribution in [3.63, 3.8) is 0 Å². The van der Waals surface area contributed by atoms with E-state index in [2.05, 4.69) is 79.9 Å². The van der Waals surface area contributed by atoms with Gasteiger partial charge in [-0.3, -0.25) is 4.79 Å². The van der Waals surface area contributed by atoms with Crippen LogP contribution < -0.4 is 5.32 Å². The molecule has 17 unspecified atom stereocenters. The Morgan fingerprint density at radius 2 is 0.921 bits per heavy atom. The van der Waals surface area contributed by atoms with Gasteiger partial charge in [0, 0.05) is 6.42 Å². The van der Waals surface area contributed by atoms with Gasteiger partial charge >= 0.3 is 0 Å². The lowest BCUT2D eigenvalue weighted by Gasteiger charge is -2.48. The molecule has 3 aliphatic rings. The lowest BCUT2D eigenvalue weighted by molar-refractivity contribution is -0.379. The zero-order valence-electron chi connectivity index (χ0n) is 45.2. The molecule has 0 saturated carbocycles. The third kappa shape index (κ3) is 24.7. The molecule has 0 radical (unpaired) electrons. The van der Waals surface area contributed by atoms with Crippen LogP contribution in [0.1, 0.15) is 149 Å². The maximum atomic E-state index is 13.3. The Kier molecular flexibility index (Phi) is 35.9. The van der Waals surface area contributed by atoms with E-state index in [1.54, 1.807) is 6.08 Å². The molecular weight excluding hydrogens is 987 g/mol. The van der Waals surface area contributed by atoms with E-state index >= 15 is 0 Å². The average molecular weight is 1080 g/mol. The molecule has 438 valence electrons. The third-order valence-corrected chi connectivity index (χ3v) is 13.7. The highest BCUT2D eigenvalue weighted by atomic mass is 16.8. The second kappa shape index (κ2) is 40.4. The number of aliphatic hydroxyl groups is 11. The van der Waals surface area contributed by atoms with Crippen molar-refractivity contribution >= 4 is 5.91 Å². The Labute approximate surface area is 451 Å². The molecule has 76 heavy (non-hydrogen) atoms. The fraction of sp³-hybridized carbons (Fsp3) is 0.772. The summed E-state index contributed by atoms with van der Waals surface area (Å²) in [6, 6.07) is -0.995. The van der Waals surface area contributed by atoms with Crippen LogP contribution in [0.3, 0.4) is 0 Å². The Bertz CT molecular complexity index is 1670. The number of hydrogen-bond donors (Lipinski definition) is 12. The number of rotatable bonds is 39. The second-order valence-corrected chi connectivity index (χ2v) is 20.0. The zero-order valence-corrected chi connectivity index (χ0v) is 45.2. The summed E-state index contributed by atoms with van der Waals surface area (Å²) in [4.78, 5) is 13.3. The highest BCUT2D eigenvalue weighted by molar-refractivity contribution is 5.76. The van der Waals surface area contributed by atoms with Gasteiger partial charge in [0.25, 0.3) is 0 Å². The number of hydrogen-bond acceptors (Lipinski definition) is 18. The lowest BCUT2D eigenvalue weighted by atomic mass is 9.96. The SMILES string of the molecule is CC/C=C\C/C=C\C/C=C\C/C=C\CCCCCCCCCCC(=O)NC(COC1OC(CO)C(OC2OC(CO)C(OC3OC(CO)C(O)C(O)C3O)C(O)C2O)C(O)C1O)C(O)/C=C/CC/C=C/CCCCCC. The van der Waals surface area contributed by atoms with Crippen LogP contribution in [0, 0.1) is 0 Å². The van der Waals surface area contributed by atoms with Gasteiger partial charge < -0.3 is 89.9 Å². The number of amides is 1. The lowest BCUT2D eigenvalue weighted by Crippen LogP contribution is -2.66. The van der Waals surface area contributed by atoms with Gasteiger partial charge in [-0.15, -0.1) is 0 Å². The van der Waals surface area contributed by atoms with E-state index in [9.17, 15) is 61.0 Å². The summed E-state index contributed by atoms with van der Waals surface area (Å²) in [5.41, 5.74) is 0. The monoisotopic (exact) mass is 1080 g/mol. The van der Waals surface area contributed by atoms with Crippen LogP contribution in [0.25, 0.3) is 0 Å². The van der Waals surface area contributed by atoms with Crippen molar-refractivity contribution in [3.8, 4) is 0 Å². The van der Waals surface area contributed by atoms with E-state index in [4.69, 9.17) is 28.4 Å². The highest BCUT2D eigenvalue weighted by Gasteiger charge is 2.53. The van der Waals surface area contributed by atoms with Crippen LogP contribution >= 0.6 is 0 Å². The molecule has 0 aliphatic carbocycles. The van der Waals surface area contributed by atoms with Crippen molar-refractivity contribution in [2.75, 3.05) is 26.4 Å². The molecule has 19 nitrogen and oxygen atoms in total. The number of nitrogens with one attached hydrogen (secondary N) is 1. The molecular formula is C57H97NO18. The maximum absolute atomic E-state index is 13.3. The van der Waals surface area contributed by atoms with Gasteiger partial charge in [0.15, 0.2) is 18.9 Å². The first-order chi connectivity index (χ1) is 36.8. The number of ether oxygens (including phenoxy) is 6. The van der Waals surface area contributed by atoms with Crippen molar-refractivity contribution in [1.82, 2.24) is 5.32 Å². The largest absolute Gasteiger partial charge is 0.394 e. The van der Waals surface area contributed by atoms with E-state index in [0.717, 1.165) is 77.0 Å². The number of carbonyl (C=O) groups is 1. The summed E-state index contributed by atoms with van der Waals surface area (Å²) in [7, 11) is 0. The van der Waals surface area contributed by atoms with E-state index in [-0.39, 0.29) is 18.9 Å². The average Bonchev–Trinajstić information content (AvgIpc) is 3.42. The molecule has 0 aromatic carbocycles. The Morgan fingerprint density at radius 1 is 0.487 bits per heavy atom. The molecule has 3 rings (SSSR count). The molecule has 1 amide bonds. The first-order valence-electron chi connectivity index (χ1n) is 28.2. The standard InChI is InChI=1S/C57H97NO18/c1-3-5-7-9-11-13-15-16-17-18-19-20-21-22-23-24-25-27-29-31-33-35-45(63)58-40(41(62)34-32-30-28-26-14-12-10-8-6-4-2)39-71-55-51(69)48(66)53(43(37-60)73-55)76-57-52(70)49(67)54(44(38-61)74-57)75-56-50(68)47(65)46(64)42(36-59)72-56/h5,7,11,13-14,16-17,19-20,26,32,34,40-44,46-57,59-62,64-70H,3-4,6,8-10,12,15,18,21-25,27-31,33,35-39H2,1-2H3,(H,58,63)/b7-5-,13-11-,17-16-,20-19-,26-14+,34-32+. The van der Waals surface area contributed by atoms with E-state index in [0.29, 0.717) is 12.8 Å². The number of aliphatic hydroxyl groups excluding tert-OH is 11. The van der Waals surface area contributed by atoms with Gasteiger partial charge in [-0.25, -0.2) is 0 Å². The first kappa shape index (κ1) is 67.5. The predicted octanol–water partition coefficient (Wildman–Crippen LogP) is 3.87. The number of allylic oxidation sites excluding steroid dienone is 11. The molecule has 0 aromatic rings. The third-order valence-electron chi connectivity index (χ3n) is 13.7. The second-order valence-electron chi connectivity index (χ2n) is 20.0. The van der Waals surface area contributed by atoms with Gasteiger partial charge in [0.1, 0.15) is 73.2 Å². The molecule has 0 aromatic heterocycles. The summed E-state index contributed by atoms with van der Waals surface area (Å²) in [6.45, 7) is 1.50. The summed E-state index contributed by atoms with van der Waals surface area (Å²) in [5.74, 6) is -0.301. The first-order valence-corrected chi connectivity index (χ1v) is 28.2. The fourth-order valence-electron chi connectivity index (χ4n) is 9.08. The van der Waals surface area contributed by atoms with E-state index < -0.39 is 124 Å². The molecule has 17 atom stereocenters. The maximum Gasteiger partial charge on any atom is 0.220 e. The fourth-order valence-corrected chi connectivity index (χ4v) is 9.08. The summed E-state index contributed by atoms with van der Waals surface area (Å²) >= 11 is 0. The summed E-state index contributed by atoms with van der Waals surface area (Å²) in [5, 5.41) is 120. The molecule has 0 bridgehead atoms. The number of carbonyl (C=O) groups excluding carboxylic acids is 1. The van der Waals surface area contributed by atoms with E-state index in [1.165, 1.54) is 38.5 Å². The van der Waals surface area contributed by atoms with Gasteiger partial charge in [0.2, 0.25) is 5.91 Å². The van der Waals surface area contributed by atoms with Gasteiger partial charge in [-0.2, -0.15) is 0 Å². The zero-order chi connectivity index (χ0) is 55.5. The van der Waals surface area contributed by atoms with Crippen molar-refractivity contribution in [2.24, 2.45) is 0 Å². The van der Waals surface area contributed by atoms with Crippen molar-refractivity contribution < 1.29 is 89.4 Å². The number of unbranched alkanes of at least 4 members (excludes halogenated alkanes) is 13. The van der Waals surface area contributed by atoms with Crippen LogP contribution in [-0.4, -0.2) is 193 Å². The van der Waals surface area contributed by atoms with Crippen molar-refractivity contribution in [1.29, 1.82) is 0 Å². The van der Waals surface area contributed by atoms with E-state index in [1.807, 2.05) is 6.08 Å². The minimum absolute atomic E-state index is 0.222. The van der Waals surface area contributed by atoms with Crippen LogP contribution in [-0.2, 0) is 33.2 Å². The summed E-state index contributed by atoms with van der Waals surface area (Å²) < 4.78 is 34.1. The molecule has 3 saturated heterocycles. The van der Waals surface area contributed by atoms with Gasteiger partial charge in [-0.1, -0.05) is 145 Å². The molecule has 12 N–H and O–H groups in total. The van der Waals surface area contributed by atoms with Crippen LogP contribution in [0.4, 0.5) is 0 Å². The minimum atomic E-state index is -1.98. The molecule has 3 fully saturated rings. The summed E-state index contributed by atoms with van der Waals surface area (Å²) in [6.07, 6.45) is 19.0. The van der Waals surface area contributed by atoms with Crippen molar-refractivity contribution in [3.05, 3.63) is 72.9 Å². The minimum Gasteiger partial charge on any atom is -0.394 e. The Balaban J connectivity index is 1.50. The van der Waals surface area contributed by atoms with Crippen LogP contribution in [0.2, 0.25) is 0 Å². The predicted molar refractivity (Wildman–Crippen MR) is 286 cm³/mol. The Morgan fingerprint density at radius 3 is 1.47 bits per heavy atom. The molecule has 19 heteroatoms. The van der Waals surface area contributed by atoms with Crippen LogP contribution in [0.15, 0.2) is 72.9 Å². The van der Waals surface area contributed by atoms with Crippen molar-refractivity contribution in [2.45, 2.75) is 253 Å². The normalized spacial score (nSPS) is 31.5.